The number of para-hydroxylation sites is 2. The van der Waals surface area contributed by atoms with Crippen molar-refractivity contribution in [3.63, 3.8) is 0 Å². The number of hydrogen-bond donors (Lipinski definition) is 1. The lowest BCUT2D eigenvalue weighted by Gasteiger charge is -2.39. The largest absolute Gasteiger partial charge is 0.506 e. The fourth-order valence-electron chi connectivity index (χ4n) is 5.13. The van der Waals surface area contributed by atoms with E-state index in [0.717, 1.165) is 40.4 Å². The Hall–Kier alpha value is -4.38. The Morgan fingerprint density at radius 3 is 2.41 bits per heavy atom. The van der Waals surface area contributed by atoms with Crippen molar-refractivity contribution in [3.8, 4) is 17.0 Å². The van der Waals surface area contributed by atoms with Gasteiger partial charge in [-0.15, -0.1) is 0 Å². The molecule has 0 fully saturated rings. The molecule has 3 aromatic carbocycles. The minimum Gasteiger partial charge on any atom is -0.506 e. The molecular weight excluding hydrogens is 456 g/mol. The molecule has 1 N–H and O–H groups in total. The van der Waals surface area contributed by atoms with E-state index in [2.05, 4.69) is 19.8 Å². The van der Waals surface area contributed by atoms with Crippen molar-refractivity contribution in [2.45, 2.75) is 32.9 Å². The van der Waals surface area contributed by atoms with E-state index in [1.54, 1.807) is 12.3 Å². The third-order valence-corrected chi connectivity index (χ3v) is 6.75. The summed E-state index contributed by atoms with van der Waals surface area (Å²) < 4.78 is 73.6. The van der Waals surface area contributed by atoms with Crippen LogP contribution in [0.2, 0.25) is 0 Å². The standard InChI is InChI=1S/C32H30N4O/c1-20-18-21(24-15-13-22-23(32(2,3)4)14-16-28(37)30(22)34-24)19-27-31(20)35(5)25-10-6-7-11-26(25)36(27)29-12-8-9-17-33-29/h6-19,37H,1-5H3/i2D3,3D3,4D3. The van der Waals surface area contributed by atoms with Crippen molar-refractivity contribution in [1.82, 2.24) is 9.97 Å². The van der Waals surface area contributed by atoms with Gasteiger partial charge in [0.15, 0.2) is 0 Å². The van der Waals surface area contributed by atoms with Gasteiger partial charge in [0.25, 0.3) is 0 Å². The van der Waals surface area contributed by atoms with Gasteiger partial charge in [-0.05, 0) is 72.0 Å². The van der Waals surface area contributed by atoms with Crippen LogP contribution >= 0.6 is 0 Å². The summed E-state index contributed by atoms with van der Waals surface area (Å²) in [6, 6.07) is 22.7. The summed E-state index contributed by atoms with van der Waals surface area (Å²) in [5.74, 6) is 0.347. The van der Waals surface area contributed by atoms with E-state index in [-0.39, 0.29) is 16.7 Å². The maximum atomic E-state index is 10.9. The Morgan fingerprint density at radius 2 is 1.65 bits per heavy atom. The first-order valence-corrected chi connectivity index (χ1v) is 11.8. The number of rotatable bonds is 2. The number of hydrogen-bond acceptors (Lipinski definition) is 5. The van der Waals surface area contributed by atoms with Crippen LogP contribution in [-0.4, -0.2) is 22.1 Å². The van der Waals surface area contributed by atoms with Crippen molar-refractivity contribution in [3.05, 3.63) is 96.2 Å². The van der Waals surface area contributed by atoms with Gasteiger partial charge in [-0.3, -0.25) is 4.90 Å². The summed E-state index contributed by atoms with van der Waals surface area (Å²) in [5, 5.41) is 10.8. The fourth-order valence-corrected chi connectivity index (χ4v) is 5.13. The van der Waals surface area contributed by atoms with Crippen LogP contribution in [-0.2, 0) is 5.41 Å². The van der Waals surface area contributed by atoms with E-state index in [9.17, 15) is 5.11 Å². The molecule has 0 saturated carbocycles. The number of aromatic hydroxyl groups is 1. The monoisotopic (exact) mass is 495 g/mol. The molecule has 0 saturated heterocycles. The topological polar surface area (TPSA) is 52.5 Å². The molecule has 1 aliphatic rings. The van der Waals surface area contributed by atoms with Gasteiger partial charge in [0.2, 0.25) is 0 Å². The quantitative estimate of drug-likeness (QED) is 0.268. The molecule has 6 rings (SSSR count). The number of nitrogens with zero attached hydrogens (tertiary/aromatic N) is 4. The van der Waals surface area contributed by atoms with E-state index in [4.69, 9.17) is 12.3 Å². The van der Waals surface area contributed by atoms with Gasteiger partial charge in [0, 0.05) is 36.5 Å². The molecule has 5 nitrogen and oxygen atoms in total. The first kappa shape index (κ1) is 15.0. The molecule has 1 aliphatic heterocycles. The Bertz CT molecular complexity index is 1940. The van der Waals surface area contributed by atoms with E-state index in [1.165, 1.54) is 6.07 Å². The molecule has 0 aliphatic carbocycles. The van der Waals surface area contributed by atoms with Gasteiger partial charge < -0.3 is 10.0 Å². The zero-order valence-electron chi connectivity index (χ0n) is 29.3. The van der Waals surface area contributed by atoms with Gasteiger partial charge in [-0.25, -0.2) is 9.97 Å². The van der Waals surface area contributed by atoms with Gasteiger partial charge in [0.05, 0.1) is 28.4 Å². The molecule has 184 valence electrons. The van der Waals surface area contributed by atoms with Gasteiger partial charge in [-0.2, -0.15) is 0 Å². The molecule has 3 heterocycles. The maximum Gasteiger partial charge on any atom is 0.141 e. The number of anilines is 5. The molecule has 0 amide bonds. The SMILES string of the molecule is [2H]C([2H])([2H])C(c1ccc(O)c2nc(-c3cc(C)c4c(c3)N(c3ccccn3)c3ccccc3N4C)ccc12)(C([2H])([2H])[2H])C([2H])([2H])[2H]. The smallest absolute Gasteiger partial charge is 0.141 e. The van der Waals surface area contributed by atoms with Gasteiger partial charge >= 0.3 is 0 Å². The zero-order valence-corrected chi connectivity index (χ0v) is 20.3. The van der Waals surface area contributed by atoms with Crippen molar-refractivity contribution in [2.75, 3.05) is 16.8 Å². The fraction of sp³-hybridized carbons (Fsp3) is 0.188. The molecule has 0 unspecified atom stereocenters. The van der Waals surface area contributed by atoms with Crippen LogP contribution in [0.5, 0.6) is 5.75 Å². The third kappa shape index (κ3) is 3.70. The minimum atomic E-state index is -3.46. The number of phenols is 1. The number of aryl methyl sites for hydroxylation is 1. The van der Waals surface area contributed by atoms with Crippen LogP contribution in [0.3, 0.4) is 0 Å². The molecule has 0 spiro atoms. The zero-order chi connectivity index (χ0) is 33.4. The summed E-state index contributed by atoms with van der Waals surface area (Å²) in [4.78, 5) is 13.4. The summed E-state index contributed by atoms with van der Waals surface area (Å²) in [6.07, 6.45) is 1.72. The summed E-state index contributed by atoms with van der Waals surface area (Å²) in [7, 11) is 1.99. The first-order chi connectivity index (χ1) is 21.5. The van der Waals surface area contributed by atoms with Crippen molar-refractivity contribution in [2.24, 2.45) is 0 Å². The number of benzene rings is 3. The normalized spacial score (nSPS) is 17.6. The summed E-state index contributed by atoms with van der Waals surface area (Å²) >= 11 is 0. The van der Waals surface area contributed by atoms with Crippen molar-refractivity contribution < 1.29 is 17.4 Å². The second-order valence-electron chi connectivity index (χ2n) is 9.21. The van der Waals surface area contributed by atoms with E-state index in [1.807, 2.05) is 68.6 Å². The average molecular weight is 496 g/mol. The van der Waals surface area contributed by atoms with Gasteiger partial charge in [-0.1, -0.05) is 50.9 Å². The van der Waals surface area contributed by atoms with Crippen LogP contribution < -0.4 is 9.80 Å². The van der Waals surface area contributed by atoms with E-state index in [0.29, 0.717) is 17.1 Å². The summed E-state index contributed by atoms with van der Waals surface area (Å²) in [6.45, 7) is -8.41. The molecular formula is C32H30N4O. The molecule has 0 bridgehead atoms. The lowest BCUT2D eigenvalue weighted by molar-refractivity contribution is 0.479. The van der Waals surface area contributed by atoms with Crippen LogP contribution in [0.25, 0.3) is 22.2 Å². The van der Waals surface area contributed by atoms with Crippen molar-refractivity contribution in [1.29, 1.82) is 0 Å². The lowest BCUT2D eigenvalue weighted by Crippen LogP contribution is -2.25. The van der Waals surface area contributed by atoms with Gasteiger partial charge in [0.1, 0.15) is 17.1 Å². The average Bonchev–Trinajstić information content (AvgIpc) is 2.97. The number of aromatic nitrogens is 2. The minimum absolute atomic E-state index is 0.0782. The van der Waals surface area contributed by atoms with Crippen LogP contribution in [0.4, 0.5) is 28.6 Å². The molecule has 2 aromatic heterocycles. The predicted molar refractivity (Wildman–Crippen MR) is 153 cm³/mol. The first-order valence-electron chi connectivity index (χ1n) is 16.3. The number of phenolic OH excluding ortho intramolecular Hbond substituents is 1. The molecule has 5 heteroatoms. The molecule has 0 atom stereocenters. The highest BCUT2D eigenvalue weighted by Crippen LogP contribution is 2.52. The Morgan fingerprint density at radius 1 is 0.865 bits per heavy atom. The van der Waals surface area contributed by atoms with Crippen LogP contribution in [0.1, 0.15) is 44.0 Å². The second-order valence-corrected chi connectivity index (χ2v) is 9.21. The van der Waals surface area contributed by atoms with E-state index < -0.39 is 31.5 Å². The Labute approximate surface area is 230 Å². The highest BCUT2D eigenvalue weighted by atomic mass is 16.3. The third-order valence-electron chi connectivity index (χ3n) is 6.75. The number of pyridine rings is 2. The number of fused-ring (bicyclic) bond motifs is 3. The molecule has 0 radical (unpaired) electrons. The maximum absolute atomic E-state index is 10.9. The van der Waals surface area contributed by atoms with E-state index >= 15 is 0 Å². The lowest BCUT2D eigenvalue weighted by atomic mass is 9.84. The highest BCUT2D eigenvalue weighted by molar-refractivity contribution is 6.00. The molecule has 37 heavy (non-hydrogen) atoms. The Kier molecular flexibility index (Phi) is 3.38. The van der Waals surface area contributed by atoms with Crippen LogP contribution in [0, 0.1) is 6.92 Å². The highest BCUT2D eigenvalue weighted by Gasteiger charge is 2.30. The Balaban J connectivity index is 1.59. The second kappa shape index (κ2) is 8.34. The van der Waals surface area contributed by atoms with Crippen molar-refractivity contribution >= 4 is 39.5 Å². The van der Waals surface area contributed by atoms with Crippen LogP contribution in [0.15, 0.2) is 85.1 Å². The predicted octanol–water partition coefficient (Wildman–Crippen LogP) is 8.16. The summed E-state index contributed by atoms with van der Waals surface area (Å²) in [5.41, 5.74) is 1.81. The molecule has 5 aromatic rings.